The third-order valence-electron chi connectivity index (χ3n) is 4.13. The van der Waals surface area contributed by atoms with Crippen LogP contribution in [0.3, 0.4) is 0 Å². The molecule has 138 valence electrons. The van der Waals surface area contributed by atoms with Crippen LogP contribution in [-0.2, 0) is 16.0 Å². The maximum atomic E-state index is 12.5. The van der Waals surface area contributed by atoms with E-state index in [1.165, 1.54) is 7.11 Å². The molecule has 0 bridgehead atoms. The van der Waals surface area contributed by atoms with Gasteiger partial charge in [0.1, 0.15) is 11.5 Å². The smallest absolute Gasteiger partial charge is 0.330 e. The van der Waals surface area contributed by atoms with E-state index in [0.29, 0.717) is 17.7 Å². The van der Waals surface area contributed by atoms with Gasteiger partial charge < -0.3 is 19.9 Å². The number of amides is 1. The molecule has 0 aliphatic heterocycles. The van der Waals surface area contributed by atoms with Crippen LogP contribution in [0.4, 0.5) is 0 Å². The second kappa shape index (κ2) is 8.89. The van der Waals surface area contributed by atoms with Gasteiger partial charge in [0.15, 0.2) is 6.04 Å². The molecular weight excluding hydrogens is 334 g/mol. The fourth-order valence-electron chi connectivity index (χ4n) is 2.58. The van der Waals surface area contributed by atoms with Gasteiger partial charge in [0.2, 0.25) is 5.91 Å². The number of rotatable bonds is 8. The SMILES string of the molecule is COc1ccc(CC(C)C(=O)NC(C(=O)O)c2ccc(OC)cc2)cc1. The van der Waals surface area contributed by atoms with Gasteiger partial charge in [-0.05, 0) is 41.8 Å². The zero-order valence-corrected chi connectivity index (χ0v) is 15.1. The normalized spacial score (nSPS) is 12.7. The van der Waals surface area contributed by atoms with Crippen molar-refractivity contribution in [1.82, 2.24) is 5.32 Å². The molecule has 2 atom stereocenters. The Bertz CT molecular complexity index is 740. The van der Waals surface area contributed by atoms with Crippen LogP contribution in [0.1, 0.15) is 24.1 Å². The average Bonchev–Trinajstić information content (AvgIpc) is 2.66. The molecule has 1 amide bonds. The van der Waals surface area contributed by atoms with Gasteiger partial charge in [0.05, 0.1) is 14.2 Å². The summed E-state index contributed by atoms with van der Waals surface area (Å²) >= 11 is 0. The number of hydrogen-bond donors (Lipinski definition) is 2. The predicted octanol–water partition coefficient (Wildman–Crippen LogP) is 2.82. The number of carboxylic acids is 1. The molecule has 0 aliphatic carbocycles. The predicted molar refractivity (Wildman–Crippen MR) is 97.4 cm³/mol. The van der Waals surface area contributed by atoms with E-state index in [2.05, 4.69) is 5.32 Å². The van der Waals surface area contributed by atoms with Gasteiger partial charge >= 0.3 is 5.97 Å². The molecule has 6 nitrogen and oxygen atoms in total. The number of ether oxygens (including phenoxy) is 2. The lowest BCUT2D eigenvalue weighted by atomic mass is 9.99. The average molecular weight is 357 g/mol. The van der Waals surface area contributed by atoms with Crippen molar-refractivity contribution in [3.8, 4) is 11.5 Å². The summed E-state index contributed by atoms with van der Waals surface area (Å²) in [6.07, 6.45) is 0.505. The molecule has 0 spiro atoms. The molecule has 0 aliphatic rings. The van der Waals surface area contributed by atoms with Gasteiger partial charge in [0.25, 0.3) is 0 Å². The van der Waals surface area contributed by atoms with Crippen LogP contribution in [0.25, 0.3) is 0 Å². The van der Waals surface area contributed by atoms with E-state index in [9.17, 15) is 14.7 Å². The van der Waals surface area contributed by atoms with Crippen molar-refractivity contribution >= 4 is 11.9 Å². The number of carbonyl (C=O) groups excluding carboxylic acids is 1. The largest absolute Gasteiger partial charge is 0.497 e. The third-order valence-corrected chi connectivity index (χ3v) is 4.13. The summed E-state index contributed by atoms with van der Waals surface area (Å²) in [4.78, 5) is 24.0. The van der Waals surface area contributed by atoms with Gasteiger partial charge in [0, 0.05) is 5.92 Å². The van der Waals surface area contributed by atoms with Crippen molar-refractivity contribution in [3.63, 3.8) is 0 Å². The molecule has 2 aromatic carbocycles. The quantitative estimate of drug-likeness (QED) is 0.759. The molecule has 0 saturated carbocycles. The van der Waals surface area contributed by atoms with E-state index < -0.39 is 12.0 Å². The monoisotopic (exact) mass is 357 g/mol. The number of hydrogen-bond acceptors (Lipinski definition) is 4. The second-order valence-electron chi connectivity index (χ2n) is 6.01. The van der Waals surface area contributed by atoms with E-state index in [1.54, 1.807) is 38.3 Å². The molecule has 0 aromatic heterocycles. The summed E-state index contributed by atoms with van der Waals surface area (Å²) in [5, 5.41) is 12.1. The first-order valence-corrected chi connectivity index (χ1v) is 8.24. The number of carbonyl (C=O) groups is 2. The number of carboxylic acid groups (broad SMARTS) is 1. The summed E-state index contributed by atoms with van der Waals surface area (Å²) in [5.74, 6) is -0.430. The molecule has 2 N–H and O–H groups in total. The third kappa shape index (κ3) is 4.99. The van der Waals surface area contributed by atoms with Gasteiger partial charge in [-0.2, -0.15) is 0 Å². The lowest BCUT2D eigenvalue weighted by molar-refractivity contribution is -0.142. The Morgan fingerprint density at radius 3 is 1.92 bits per heavy atom. The Labute approximate surface area is 152 Å². The Morgan fingerprint density at radius 1 is 0.962 bits per heavy atom. The number of nitrogens with one attached hydrogen (secondary N) is 1. The maximum absolute atomic E-state index is 12.5. The van der Waals surface area contributed by atoms with Crippen LogP contribution in [0.5, 0.6) is 11.5 Å². The van der Waals surface area contributed by atoms with Crippen molar-refractivity contribution in [3.05, 3.63) is 59.7 Å². The molecule has 0 saturated heterocycles. The van der Waals surface area contributed by atoms with Crippen molar-refractivity contribution in [2.75, 3.05) is 14.2 Å². The highest BCUT2D eigenvalue weighted by Crippen LogP contribution is 2.20. The van der Waals surface area contributed by atoms with Crippen molar-refractivity contribution in [2.24, 2.45) is 5.92 Å². The highest BCUT2D eigenvalue weighted by Gasteiger charge is 2.24. The summed E-state index contributed by atoms with van der Waals surface area (Å²) in [7, 11) is 3.13. The minimum atomic E-state index is -1.11. The van der Waals surface area contributed by atoms with Crippen molar-refractivity contribution in [1.29, 1.82) is 0 Å². The Morgan fingerprint density at radius 2 is 1.46 bits per heavy atom. The fraction of sp³-hybridized carbons (Fsp3) is 0.300. The van der Waals surface area contributed by atoms with Crippen LogP contribution in [0, 0.1) is 5.92 Å². The van der Waals surface area contributed by atoms with Crippen LogP contribution in [0.2, 0.25) is 0 Å². The summed E-state index contributed by atoms with van der Waals surface area (Å²) in [5.41, 5.74) is 1.47. The number of benzene rings is 2. The van der Waals surface area contributed by atoms with E-state index in [-0.39, 0.29) is 11.8 Å². The molecule has 0 heterocycles. The minimum Gasteiger partial charge on any atom is -0.497 e. The second-order valence-corrected chi connectivity index (χ2v) is 6.01. The Hall–Kier alpha value is -3.02. The van der Waals surface area contributed by atoms with Crippen molar-refractivity contribution in [2.45, 2.75) is 19.4 Å². The van der Waals surface area contributed by atoms with E-state index in [1.807, 2.05) is 24.3 Å². The molecule has 0 radical (unpaired) electrons. The highest BCUT2D eigenvalue weighted by molar-refractivity contribution is 5.85. The lowest BCUT2D eigenvalue weighted by Crippen LogP contribution is -2.37. The van der Waals surface area contributed by atoms with Gasteiger partial charge in [-0.25, -0.2) is 4.79 Å². The Kier molecular flexibility index (Phi) is 6.60. The molecule has 2 aromatic rings. The molecule has 26 heavy (non-hydrogen) atoms. The van der Waals surface area contributed by atoms with Gasteiger partial charge in [-0.3, -0.25) is 4.79 Å². The van der Waals surface area contributed by atoms with E-state index in [0.717, 1.165) is 11.3 Å². The van der Waals surface area contributed by atoms with Gasteiger partial charge in [-0.15, -0.1) is 0 Å². The molecule has 0 fully saturated rings. The minimum absolute atomic E-state index is 0.316. The van der Waals surface area contributed by atoms with Crippen molar-refractivity contribution < 1.29 is 24.2 Å². The molecule has 2 unspecified atom stereocenters. The van der Waals surface area contributed by atoms with Gasteiger partial charge in [-0.1, -0.05) is 31.2 Å². The molecule has 6 heteroatoms. The van der Waals surface area contributed by atoms with Crippen LogP contribution >= 0.6 is 0 Å². The van der Waals surface area contributed by atoms with Crippen LogP contribution in [-0.4, -0.2) is 31.2 Å². The zero-order valence-electron chi connectivity index (χ0n) is 15.1. The summed E-state index contributed by atoms with van der Waals surface area (Å²) < 4.78 is 10.2. The number of aliphatic carboxylic acids is 1. The maximum Gasteiger partial charge on any atom is 0.330 e. The first-order chi connectivity index (χ1) is 12.4. The number of methoxy groups -OCH3 is 2. The Balaban J connectivity index is 2.04. The molecule has 2 rings (SSSR count). The zero-order chi connectivity index (χ0) is 19.1. The lowest BCUT2D eigenvalue weighted by Gasteiger charge is -2.18. The topological polar surface area (TPSA) is 84.9 Å². The standard InChI is InChI=1S/C20H23NO5/c1-13(12-14-4-8-16(25-2)9-5-14)19(22)21-18(20(23)24)15-6-10-17(26-3)11-7-15/h4-11,13,18H,12H2,1-3H3,(H,21,22)(H,23,24). The first-order valence-electron chi connectivity index (χ1n) is 8.24. The molecular formula is C20H23NO5. The van der Waals surface area contributed by atoms with Crippen LogP contribution < -0.4 is 14.8 Å². The van der Waals surface area contributed by atoms with Crippen LogP contribution in [0.15, 0.2) is 48.5 Å². The van der Waals surface area contributed by atoms with E-state index in [4.69, 9.17) is 9.47 Å². The highest BCUT2D eigenvalue weighted by atomic mass is 16.5. The fourth-order valence-corrected chi connectivity index (χ4v) is 2.58. The first kappa shape index (κ1) is 19.3. The van der Waals surface area contributed by atoms with E-state index >= 15 is 0 Å². The summed E-state index contributed by atoms with van der Waals surface area (Å²) in [6, 6.07) is 12.9. The summed E-state index contributed by atoms with van der Waals surface area (Å²) in [6.45, 7) is 1.77.